The van der Waals surface area contributed by atoms with Crippen LogP contribution in [0.15, 0.2) is 24.3 Å². The van der Waals surface area contributed by atoms with Crippen LogP contribution in [0.1, 0.15) is 44.2 Å². The highest BCUT2D eigenvalue weighted by atomic mass is 19.1. The van der Waals surface area contributed by atoms with Crippen LogP contribution in [0.25, 0.3) is 0 Å². The molecular weight excluding hydrogens is 267 g/mol. The number of rotatable bonds is 7. The number of ether oxygens (including phenoxy) is 1. The summed E-state index contributed by atoms with van der Waals surface area (Å²) in [6.07, 6.45) is 4.63. The molecule has 2 rings (SSSR count). The predicted octanol–water partition coefficient (Wildman–Crippen LogP) is 3.11. The van der Waals surface area contributed by atoms with Crippen molar-refractivity contribution in [3.8, 4) is 0 Å². The maximum absolute atomic E-state index is 13.2. The normalized spacial score (nSPS) is 21.4. The van der Waals surface area contributed by atoms with Gasteiger partial charge in [0.05, 0.1) is 6.10 Å². The first-order valence-electron chi connectivity index (χ1n) is 8.04. The molecule has 118 valence electrons. The first-order chi connectivity index (χ1) is 10.2. The summed E-state index contributed by atoms with van der Waals surface area (Å²) in [5, 5.41) is 0. The third kappa shape index (κ3) is 5.38. The highest BCUT2D eigenvalue weighted by Crippen LogP contribution is 2.18. The summed E-state index contributed by atoms with van der Waals surface area (Å²) in [6, 6.07) is 6.51. The van der Waals surface area contributed by atoms with E-state index in [1.165, 1.54) is 18.6 Å². The van der Waals surface area contributed by atoms with Gasteiger partial charge in [-0.05, 0) is 49.9 Å². The Hall–Kier alpha value is -0.970. The minimum Gasteiger partial charge on any atom is -0.377 e. The van der Waals surface area contributed by atoms with Crippen molar-refractivity contribution in [3.63, 3.8) is 0 Å². The van der Waals surface area contributed by atoms with Gasteiger partial charge in [-0.3, -0.25) is 0 Å². The molecule has 3 nitrogen and oxygen atoms in total. The van der Waals surface area contributed by atoms with Crippen molar-refractivity contribution in [2.75, 3.05) is 26.2 Å². The average Bonchev–Trinajstić information content (AvgIpc) is 2.51. The fourth-order valence-corrected chi connectivity index (χ4v) is 2.86. The number of piperidine rings is 1. The highest BCUT2D eigenvalue weighted by Gasteiger charge is 2.20. The number of benzene rings is 1. The molecule has 2 N–H and O–H groups in total. The van der Waals surface area contributed by atoms with Crippen molar-refractivity contribution in [1.82, 2.24) is 4.90 Å². The molecule has 1 heterocycles. The lowest BCUT2D eigenvalue weighted by atomic mass is 10.0. The second-order valence-corrected chi connectivity index (χ2v) is 5.89. The summed E-state index contributed by atoms with van der Waals surface area (Å²) in [5.74, 6) is -0.214. The summed E-state index contributed by atoms with van der Waals surface area (Å²) in [5.41, 5.74) is 7.05. The number of halogens is 1. The van der Waals surface area contributed by atoms with Crippen molar-refractivity contribution in [2.45, 2.75) is 44.8 Å². The van der Waals surface area contributed by atoms with E-state index in [0.717, 1.165) is 51.1 Å². The number of nitrogens with zero attached hydrogens (tertiary/aromatic N) is 1. The van der Waals surface area contributed by atoms with E-state index >= 15 is 0 Å². The summed E-state index contributed by atoms with van der Waals surface area (Å²) in [4.78, 5) is 2.42. The fourth-order valence-electron chi connectivity index (χ4n) is 2.86. The summed E-state index contributed by atoms with van der Waals surface area (Å²) in [7, 11) is 0. The van der Waals surface area contributed by atoms with E-state index in [-0.39, 0.29) is 11.9 Å². The molecule has 0 aromatic heterocycles. The van der Waals surface area contributed by atoms with Crippen molar-refractivity contribution in [3.05, 3.63) is 35.6 Å². The minimum atomic E-state index is -0.214. The Morgan fingerprint density at radius 3 is 3.10 bits per heavy atom. The van der Waals surface area contributed by atoms with Crippen LogP contribution in [-0.4, -0.2) is 37.2 Å². The first-order valence-corrected chi connectivity index (χ1v) is 8.04. The van der Waals surface area contributed by atoms with E-state index in [2.05, 4.69) is 11.8 Å². The van der Waals surface area contributed by atoms with Crippen LogP contribution in [0.3, 0.4) is 0 Å². The zero-order valence-electron chi connectivity index (χ0n) is 12.9. The molecule has 1 aromatic rings. The van der Waals surface area contributed by atoms with E-state index < -0.39 is 0 Å². The van der Waals surface area contributed by atoms with E-state index in [1.54, 1.807) is 6.07 Å². The van der Waals surface area contributed by atoms with Gasteiger partial charge in [0, 0.05) is 25.7 Å². The molecule has 0 radical (unpaired) electrons. The van der Waals surface area contributed by atoms with E-state index in [0.29, 0.717) is 6.10 Å². The molecule has 2 unspecified atom stereocenters. The quantitative estimate of drug-likeness (QED) is 0.840. The Morgan fingerprint density at radius 2 is 2.33 bits per heavy atom. The van der Waals surface area contributed by atoms with Gasteiger partial charge >= 0.3 is 0 Å². The molecule has 4 heteroatoms. The zero-order valence-corrected chi connectivity index (χ0v) is 12.9. The molecule has 0 spiro atoms. The molecule has 0 amide bonds. The largest absolute Gasteiger partial charge is 0.377 e. The van der Waals surface area contributed by atoms with Crippen LogP contribution in [0.5, 0.6) is 0 Å². The van der Waals surface area contributed by atoms with Gasteiger partial charge in [0.2, 0.25) is 0 Å². The molecule has 0 aliphatic carbocycles. The Morgan fingerprint density at radius 1 is 1.48 bits per heavy atom. The average molecular weight is 294 g/mol. The Labute approximate surface area is 127 Å². The summed E-state index contributed by atoms with van der Waals surface area (Å²) >= 11 is 0. The van der Waals surface area contributed by atoms with Gasteiger partial charge in [0.25, 0.3) is 0 Å². The van der Waals surface area contributed by atoms with Gasteiger partial charge in [0.15, 0.2) is 0 Å². The molecular formula is C17H27FN2O. The smallest absolute Gasteiger partial charge is 0.123 e. The molecule has 0 bridgehead atoms. The van der Waals surface area contributed by atoms with Crippen LogP contribution in [-0.2, 0) is 4.74 Å². The third-order valence-corrected chi connectivity index (χ3v) is 4.05. The monoisotopic (exact) mass is 294 g/mol. The first kappa shape index (κ1) is 16.4. The third-order valence-electron chi connectivity index (χ3n) is 4.05. The second kappa shape index (κ2) is 8.47. The van der Waals surface area contributed by atoms with Crippen LogP contribution >= 0.6 is 0 Å². The summed E-state index contributed by atoms with van der Waals surface area (Å²) < 4.78 is 19.1. The van der Waals surface area contributed by atoms with E-state index in [1.807, 2.05) is 6.07 Å². The lowest BCUT2D eigenvalue weighted by Crippen LogP contribution is -2.40. The minimum absolute atomic E-state index is 0.0994. The van der Waals surface area contributed by atoms with Gasteiger partial charge in [-0.25, -0.2) is 4.39 Å². The number of hydrogen-bond acceptors (Lipinski definition) is 3. The lowest BCUT2D eigenvalue weighted by Gasteiger charge is -2.33. The Kier molecular flexibility index (Phi) is 6.61. The van der Waals surface area contributed by atoms with Crippen LogP contribution < -0.4 is 5.73 Å². The SMILES string of the molecule is CCCOC1CCCN(CCC(N)c2cccc(F)c2)C1. The highest BCUT2D eigenvalue weighted by molar-refractivity contribution is 5.19. The Bertz CT molecular complexity index is 427. The van der Waals surface area contributed by atoms with Gasteiger partial charge < -0.3 is 15.4 Å². The van der Waals surface area contributed by atoms with Gasteiger partial charge in [-0.15, -0.1) is 0 Å². The van der Waals surface area contributed by atoms with Gasteiger partial charge in [0.1, 0.15) is 5.82 Å². The van der Waals surface area contributed by atoms with Crippen molar-refractivity contribution in [1.29, 1.82) is 0 Å². The van der Waals surface area contributed by atoms with E-state index in [4.69, 9.17) is 10.5 Å². The maximum atomic E-state index is 13.2. The fraction of sp³-hybridized carbons (Fsp3) is 0.647. The summed E-state index contributed by atoms with van der Waals surface area (Å²) in [6.45, 7) is 6.04. The molecule has 1 aliphatic heterocycles. The van der Waals surface area contributed by atoms with Crippen LogP contribution in [0, 0.1) is 5.82 Å². The lowest BCUT2D eigenvalue weighted by molar-refractivity contribution is -0.000626. The Balaban J connectivity index is 1.76. The number of likely N-dealkylation sites (tertiary alicyclic amines) is 1. The van der Waals surface area contributed by atoms with Crippen molar-refractivity contribution >= 4 is 0 Å². The molecule has 1 aromatic carbocycles. The maximum Gasteiger partial charge on any atom is 0.123 e. The van der Waals surface area contributed by atoms with Crippen molar-refractivity contribution < 1.29 is 9.13 Å². The van der Waals surface area contributed by atoms with Crippen LogP contribution in [0.4, 0.5) is 4.39 Å². The predicted molar refractivity (Wildman–Crippen MR) is 83.7 cm³/mol. The molecule has 1 saturated heterocycles. The topological polar surface area (TPSA) is 38.5 Å². The van der Waals surface area contributed by atoms with Crippen LogP contribution in [0.2, 0.25) is 0 Å². The standard InChI is InChI=1S/C17H27FN2O/c1-2-11-21-16-7-4-9-20(13-16)10-8-17(19)14-5-3-6-15(18)12-14/h3,5-6,12,16-17H,2,4,7-11,13,19H2,1H3. The number of hydrogen-bond donors (Lipinski definition) is 1. The van der Waals surface area contributed by atoms with E-state index in [9.17, 15) is 4.39 Å². The number of nitrogens with two attached hydrogens (primary N) is 1. The molecule has 21 heavy (non-hydrogen) atoms. The molecule has 1 aliphatic rings. The molecule has 1 fully saturated rings. The van der Waals surface area contributed by atoms with Gasteiger partial charge in [-0.1, -0.05) is 19.1 Å². The molecule has 2 atom stereocenters. The second-order valence-electron chi connectivity index (χ2n) is 5.89. The molecule has 0 saturated carbocycles. The zero-order chi connectivity index (χ0) is 15.1. The van der Waals surface area contributed by atoms with Crippen molar-refractivity contribution in [2.24, 2.45) is 5.73 Å². The van der Waals surface area contributed by atoms with Gasteiger partial charge in [-0.2, -0.15) is 0 Å².